The van der Waals surface area contributed by atoms with Gasteiger partial charge in [0.15, 0.2) is 21.4 Å². The predicted molar refractivity (Wildman–Crippen MR) is 66.3 cm³/mol. The molecule has 0 bridgehead atoms. The van der Waals surface area contributed by atoms with Gasteiger partial charge in [-0.2, -0.15) is 0 Å². The van der Waals surface area contributed by atoms with Crippen LogP contribution in [0.3, 0.4) is 0 Å². The normalized spacial score (nSPS) is 11.6. The number of aliphatic carboxylic acids is 1. The molecule has 0 fully saturated rings. The fourth-order valence-electron chi connectivity index (χ4n) is 1.10. The summed E-state index contributed by atoms with van der Waals surface area (Å²) >= 11 is 5.63. The third-order valence-corrected chi connectivity index (χ3v) is 3.33. The van der Waals surface area contributed by atoms with Crippen LogP contribution >= 0.6 is 11.6 Å². The first kappa shape index (κ1) is 14.4. The minimum Gasteiger partial charge on any atom is -0.480 e. The van der Waals surface area contributed by atoms with Crippen LogP contribution in [-0.4, -0.2) is 31.0 Å². The zero-order chi connectivity index (χ0) is 13.8. The Kier molecular flexibility index (Phi) is 4.63. The second-order valence-corrected chi connectivity index (χ2v) is 5.70. The Morgan fingerprint density at radius 1 is 1.22 bits per heavy atom. The summed E-state index contributed by atoms with van der Waals surface area (Å²) in [5, 5.41) is 9.40. The number of halogens is 1. The van der Waals surface area contributed by atoms with Crippen LogP contribution in [-0.2, 0) is 14.6 Å². The highest BCUT2D eigenvalue weighted by molar-refractivity contribution is 7.94. The number of sulfone groups is 1. The van der Waals surface area contributed by atoms with E-state index in [1.165, 1.54) is 24.3 Å². The van der Waals surface area contributed by atoms with E-state index >= 15 is 0 Å². The van der Waals surface area contributed by atoms with Crippen LogP contribution in [0, 0.1) is 0 Å². The van der Waals surface area contributed by atoms with Crippen molar-refractivity contribution in [3.8, 4) is 0 Å². The molecule has 0 heterocycles. The van der Waals surface area contributed by atoms with Gasteiger partial charge in [0.05, 0.1) is 0 Å². The van der Waals surface area contributed by atoms with E-state index in [-0.39, 0.29) is 5.56 Å². The van der Waals surface area contributed by atoms with Crippen LogP contribution in [0.25, 0.3) is 0 Å². The summed E-state index contributed by atoms with van der Waals surface area (Å²) in [5.41, 5.74) is 0.265. The quantitative estimate of drug-likeness (QED) is 0.656. The third-order valence-electron chi connectivity index (χ3n) is 1.88. The molecule has 5 nitrogen and oxygen atoms in total. The fourth-order valence-corrected chi connectivity index (χ4v) is 1.99. The number of ketones is 1. The van der Waals surface area contributed by atoms with E-state index in [2.05, 4.69) is 0 Å². The number of carboxylic acids is 1. The van der Waals surface area contributed by atoms with Crippen molar-refractivity contribution in [2.45, 2.75) is 0 Å². The van der Waals surface area contributed by atoms with Crippen molar-refractivity contribution < 1.29 is 23.1 Å². The number of rotatable bonds is 5. The first-order valence-corrected chi connectivity index (χ1v) is 6.82. The maximum atomic E-state index is 11.5. The van der Waals surface area contributed by atoms with Gasteiger partial charge in [-0.3, -0.25) is 9.59 Å². The van der Waals surface area contributed by atoms with Gasteiger partial charge in [-0.15, -0.1) is 0 Å². The number of hydrogen-bond donors (Lipinski definition) is 1. The van der Waals surface area contributed by atoms with Gasteiger partial charge in [-0.05, 0) is 30.3 Å². The topological polar surface area (TPSA) is 88.5 Å². The van der Waals surface area contributed by atoms with Crippen LogP contribution in [0.4, 0.5) is 0 Å². The highest BCUT2D eigenvalue weighted by Crippen LogP contribution is 2.10. The highest BCUT2D eigenvalue weighted by atomic mass is 35.5. The second kappa shape index (κ2) is 5.79. The molecule has 0 radical (unpaired) electrons. The molecule has 0 aliphatic rings. The average molecular weight is 289 g/mol. The van der Waals surface area contributed by atoms with E-state index < -0.39 is 27.3 Å². The van der Waals surface area contributed by atoms with Gasteiger partial charge in [0.25, 0.3) is 0 Å². The Balaban J connectivity index is 2.82. The molecule has 1 N–H and O–H groups in total. The summed E-state index contributed by atoms with van der Waals surface area (Å²) in [5.74, 6) is -3.06. The summed E-state index contributed by atoms with van der Waals surface area (Å²) in [7, 11) is -3.92. The first-order valence-electron chi connectivity index (χ1n) is 4.73. The van der Waals surface area contributed by atoms with Crippen molar-refractivity contribution in [2.24, 2.45) is 0 Å². The van der Waals surface area contributed by atoms with Gasteiger partial charge in [0.1, 0.15) is 0 Å². The molecule has 7 heteroatoms. The summed E-state index contributed by atoms with van der Waals surface area (Å²) in [6.07, 6.45) is 0.821. The van der Waals surface area contributed by atoms with E-state index in [1.807, 2.05) is 0 Å². The van der Waals surface area contributed by atoms with Gasteiger partial charge >= 0.3 is 5.97 Å². The molecule has 0 aliphatic carbocycles. The number of allylic oxidation sites excluding steroid dienone is 1. The number of hydrogen-bond acceptors (Lipinski definition) is 4. The Morgan fingerprint density at radius 3 is 2.28 bits per heavy atom. The molecule has 18 heavy (non-hydrogen) atoms. The summed E-state index contributed by atoms with van der Waals surface area (Å²) < 4.78 is 22.4. The van der Waals surface area contributed by atoms with Crippen LogP contribution in [0.1, 0.15) is 10.4 Å². The smallest absolute Gasteiger partial charge is 0.319 e. The van der Waals surface area contributed by atoms with Gasteiger partial charge in [-0.25, -0.2) is 8.42 Å². The summed E-state index contributed by atoms with van der Waals surface area (Å²) in [6.45, 7) is 0. The number of carbonyl (C=O) groups excluding carboxylic acids is 1. The molecule has 0 saturated heterocycles. The van der Waals surface area contributed by atoms with Crippen molar-refractivity contribution in [3.05, 3.63) is 46.3 Å². The molecule has 0 unspecified atom stereocenters. The summed E-state index contributed by atoms with van der Waals surface area (Å²) in [6, 6.07) is 5.88. The van der Waals surface area contributed by atoms with Crippen LogP contribution in [0.15, 0.2) is 35.7 Å². The molecule has 0 spiro atoms. The van der Waals surface area contributed by atoms with Crippen LogP contribution < -0.4 is 0 Å². The van der Waals surface area contributed by atoms with Crippen LogP contribution in [0.5, 0.6) is 0 Å². The van der Waals surface area contributed by atoms with Crippen molar-refractivity contribution in [2.75, 3.05) is 5.75 Å². The Bertz CT molecular complexity index is 586. The monoisotopic (exact) mass is 288 g/mol. The average Bonchev–Trinajstić information content (AvgIpc) is 2.25. The lowest BCUT2D eigenvalue weighted by Gasteiger charge is -1.96. The molecule has 0 amide bonds. The van der Waals surface area contributed by atoms with E-state index in [0.717, 1.165) is 6.08 Å². The lowest BCUT2D eigenvalue weighted by molar-refractivity contribution is -0.134. The van der Waals surface area contributed by atoms with Crippen molar-refractivity contribution in [1.82, 2.24) is 0 Å². The first-order chi connectivity index (χ1) is 8.30. The fraction of sp³-hybridized carbons (Fsp3) is 0.0909. The molecule has 1 aromatic carbocycles. The predicted octanol–water partition coefficient (Wildman–Crippen LogP) is 1.54. The standard InChI is InChI=1S/C11H9ClO5S/c12-9-3-1-8(2-4-9)10(13)5-6-18(16,17)7-11(14)15/h1-6H,7H2,(H,14,15). The minimum absolute atomic E-state index is 0.265. The van der Waals surface area contributed by atoms with Crippen LogP contribution in [0.2, 0.25) is 5.02 Å². The number of benzene rings is 1. The van der Waals surface area contributed by atoms with Gasteiger partial charge in [0, 0.05) is 16.0 Å². The molecule has 0 aromatic heterocycles. The maximum absolute atomic E-state index is 11.5. The molecule has 0 saturated carbocycles. The highest BCUT2D eigenvalue weighted by Gasteiger charge is 2.12. The second-order valence-electron chi connectivity index (χ2n) is 3.37. The van der Waals surface area contributed by atoms with E-state index in [0.29, 0.717) is 10.4 Å². The molecule has 1 rings (SSSR count). The van der Waals surface area contributed by atoms with Gasteiger partial charge in [0.2, 0.25) is 0 Å². The largest absolute Gasteiger partial charge is 0.480 e. The number of carbonyl (C=O) groups is 2. The number of carboxylic acid groups (broad SMARTS) is 1. The van der Waals surface area contributed by atoms with Gasteiger partial charge < -0.3 is 5.11 Å². The molecule has 0 aliphatic heterocycles. The lowest BCUT2D eigenvalue weighted by atomic mass is 10.1. The zero-order valence-electron chi connectivity index (χ0n) is 9.04. The van der Waals surface area contributed by atoms with Crippen molar-refractivity contribution >= 4 is 33.2 Å². The maximum Gasteiger partial charge on any atom is 0.319 e. The van der Waals surface area contributed by atoms with E-state index in [1.54, 1.807) is 0 Å². The lowest BCUT2D eigenvalue weighted by Crippen LogP contribution is -2.12. The molecular formula is C11H9ClO5S. The van der Waals surface area contributed by atoms with Gasteiger partial charge in [-0.1, -0.05) is 11.6 Å². The van der Waals surface area contributed by atoms with Crippen molar-refractivity contribution in [1.29, 1.82) is 0 Å². The molecule has 1 aromatic rings. The third kappa shape index (κ3) is 4.68. The zero-order valence-corrected chi connectivity index (χ0v) is 10.6. The molecule has 0 atom stereocenters. The molecule has 96 valence electrons. The van der Waals surface area contributed by atoms with E-state index in [9.17, 15) is 18.0 Å². The Hall–Kier alpha value is -1.66. The summed E-state index contributed by atoms with van der Waals surface area (Å²) in [4.78, 5) is 21.8. The van der Waals surface area contributed by atoms with Crippen molar-refractivity contribution in [3.63, 3.8) is 0 Å². The minimum atomic E-state index is -3.92. The SMILES string of the molecule is O=C(O)CS(=O)(=O)C=CC(=O)c1ccc(Cl)cc1. The Labute approximate surface area is 109 Å². The van der Waals surface area contributed by atoms with E-state index in [4.69, 9.17) is 16.7 Å². The Morgan fingerprint density at radius 2 is 1.78 bits per heavy atom. The molecular weight excluding hydrogens is 280 g/mol.